The molecule has 0 radical (unpaired) electrons. The molecule has 3 aromatic carbocycles. The van der Waals surface area contributed by atoms with Crippen LogP contribution in [-0.2, 0) is 9.59 Å². The third kappa shape index (κ3) is 4.80. The molecule has 0 saturated heterocycles. The Morgan fingerprint density at radius 1 is 0.824 bits per heavy atom. The maximum absolute atomic E-state index is 12.9. The lowest BCUT2D eigenvalue weighted by Crippen LogP contribution is -2.32. The van der Waals surface area contributed by atoms with E-state index in [1.165, 1.54) is 18.2 Å². The molecule has 0 aromatic heterocycles. The number of benzene rings is 3. The Labute approximate surface area is 211 Å². The van der Waals surface area contributed by atoms with E-state index >= 15 is 0 Å². The van der Waals surface area contributed by atoms with Gasteiger partial charge in [-0.15, -0.1) is 0 Å². The molecule has 172 valence electrons. The first-order valence-corrected chi connectivity index (χ1v) is 11.3. The molecule has 3 amide bonds. The summed E-state index contributed by atoms with van der Waals surface area (Å²) >= 11 is 18.2. The van der Waals surface area contributed by atoms with Crippen LogP contribution in [0.1, 0.15) is 21.5 Å². The lowest BCUT2D eigenvalue weighted by molar-refractivity contribution is -0.120. The van der Waals surface area contributed by atoms with Crippen molar-refractivity contribution in [3.63, 3.8) is 0 Å². The first kappa shape index (κ1) is 23.8. The Morgan fingerprint density at radius 2 is 1.47 bits per heavy atom. The van der Waals surface area contributed by atoms with Crippen LogP contribution in [-0.4, -0.2) is 17.7 Å². The van der Waals surface area contributed by atoms with Crippen molar-refractivity contribution < 1.29 is 14.4 Å². The molecule has 2 N–H and O–H groups in total. The van der Waals surface area contributed by atoms with E-state index in [4.69, 9.17) is 34.8 Å². The first-order valence-electron chi connectivity index (χ1n) is 10.1. The lowest BCUT2D eigenvalue weighted by Gasteiger charge is -2.16. The van der Waals surface area contributed by atoms with Crippen molar-refractivity contribution in [2.45, 2.75) is 13.8 Å². The Hall–Kier alpha value is -3.32. The van der Waals surface area contributed by atoms with Crippen molar-refractivity contribution in [1.82, 2.24) is 0 Å². The zero-order valence-corrected chi connectivity index (χ0v) is 20.3. The van der Waals surface area contributed by atoms with E-state index in [-0.39, 0.29) is 32.4 Å². The van der Waals surface area contributed by atoms with E-state index in [0.29, 0.717) is 11.3 Å². The van der Waals surface area contributed by atoms with Crippen molar-refractivity contribution >= 4 is 69.6 Å². The van der Waals surface area contributed by atoms with Crippen LogP contribution in [0.2, 0.25) is 10.0 Å². The minimum Gasteiger partial charge on any atom is -0.350 e. The average molecular weight is 515 g/mol. The molecule has 6 nitrogen and oxygen atoms in total. The number of imide groups is 1. The molecule has 0 atom stereocenters. The molecule has 1 aliphatic heterocycles. The van der Waals surface area contributed by atoms with Crippen LogP contribution in [0.4, 0.5) is 17.1 Å². The second-order valence-corrected chi connectivity index (χ2v) is 8.99. The summed E-state index contributed by atoms with van der Waals surface area (Å²) in [6.07, 6.45) is 0. The van der Waals surface area contributed by atoms with Gasteiger partial charge < -0.3 is 10.6 Å². The summed E-state index contributed by atoms with van der Waals surface area (Å²) in [5.74, 6) is -1.62. The second kappa shape index (κ2) is 9.50. The van der Waals surface area contributed by atoms with Gasteiger partial charge in [-0.1, -0.05) is 46.9 Å². The van der Waals surface area contributed by atoms with Gasteiger partial charge in [0.15, 0.2) is 0 Å². The number of halogens is 3. The standard InChI is InChI=1S/C25H18Cl3N3O3/c1-13-3-4-14(2)20(9-13)30-23(32)15-5-7-18(8-6-15)29-22-21(28)24(33)31(25(22)34)19-11-16(26)10-17(27)12-19/h3-12,29H,1-2H3,(H,30,32). The van der Waals surface area contributed by atoms with Crippen molar-refractivity contribution in [3.8, 4) is 0 Å². The predicted octanol–water partition coefficient (Wildman–Crippen LogP) is 6.30. The number of carbonyl (C=O) groups excluding carboxylic acids is 3. The van der Waals surface area contributed by atoms with Gasteiger partial charge >= 0.3 is 0 Å². The van der Waals surface area contributed by atoms with Gasteiger partial charge in [-0.2, -0.15) is 0 Å². The molecule has 4 rings (SSSR count). The van der Waals surface area contributed by atoms with Gasteiger partial charge in [-0.3, -0.25) is 14.4 Å². The molecule has 34 heavy (non-hydrogen) atoms. The Kier molecular flexibility index (Phi) is 6.66. The molecule has 9 heteroatoms. The normalized spacial score (nSPS) is 13.5. The highest BCUT2D eigenvalue weighted by atomic mass is 35.5. The van der Waals surface area contributed by atoms with Gasteiger partial charge in [0.1, 0.15) is 10.7 Å². The minimum atomic E-state index is -0.697. The topological polar surface area (TPSA) is 78.5 Å². The molecule has 0 fully saturated rings. The van der Waals surface area contributed by atoms with Gasteiger partial charge in [-0.05, 0) is 73.5 Å². The number of amides is 3. The largest absolute Gasteiger partial charge is 0.350 e. The fraction of sp³-hybridized carbons (Fsp3) is 0.0800. The van der Waals surface area contributed by atoms with Gasteiger partial charge in [0, 0.05) is 27.0 Å². The van der Waals surface area contributed by atoms with Crippen molar-refractivity contribution in [2.75, 3.05) is 15.5 Å². The van der Waals surface area contributed by atoms with Gasteiger partial charge in [0.25, 0.3) is 17.7 Å². The van der Waals surface area contributed by atoms with Crippen LogP contribution in [0.25, 0.3) is 0 Å². The highest BCUT2D eigenvalue weighted by Gasteiger charge is 2.39. The Bertz CT molecular complexity index is 1350. The smallest absolute Gasteiger partial charge is 0.283 e. The van der Waals surface area contributed by atoms with Crippen molar-refractivity contribution in [3.05, 3.63) is 98.1 Å². The molecule has 0 bridgehead atoms. The summed E-state index contributed by atoms with van der Waals surface area (Å²) < 4.78 is 0. The zero-order valence-electron chi connectivity index (χ0n) is 18.1. The monoisotopic (exact) mass is 513 g/mol. The number of nitrogens with one attached hydrogen (secondary N) is 2. The van der Waals surface area contributed by atoms with Gasteiger partial charge in [0.2, 0.25) is 0 Å². The summed E-state index contributed by atoms with van der Waals surface area (Å²) in [5.41, 5.74) is 3.75. The molecule has 0 unspecified atom stereocenters. The molecular formula is C25H18Cl3N3O3. The summed E-state index contributed by atoms with van der Waals surface area (Å²) in [6.45, 7) is 3.87. The number of hydrogen-bond donors (Lipinski definition) is 2. The molecule has 0 saturated carbocycles. The van der Waals surface area contributed by atoms with Crippen LogP contribution < -0.4 is 15.5 Å². The van der Waals surface area contributed by atoms with E-state index in [1.807, 2.05) is 32.0 Å². The van der Waals surface area contributed by atoms with E-state index in [0.717, 1.165) is 21.7 Å². The molecule has 1 heterocycles. The highest BCUT2D eigenvalue weighted by molar-refractivity contribution is 6.53. The van der Waals surface area contributed by atoms with E-state index in [2.05, 4.69) is 10.6 Å². The lowest BCUT2D eigenvalue weighted by atomic mass is 10.1. The van der Waals surface area contributed by atoms with Crippen LogP contribution in [0.15, 0.2) is 71.4 Å². The van der Waals surface area contributed by atoms with Crippen LogP contribution in [0, 0.1) is 13.8 Å². The first-order chi connectivity index (χ1) is 16.1. The number of hydrogen-bond acceptors (Lipinski definition) is 4. The summed E-state index contributed by atoms with van der Waals surface area (Å²) in [4.78, 5) is 39.1. The number of carbonyl (C=O) groups is 3. The highest BCUT2D eigenvalue weighted by Crippen LogP contribution is 2.33. The molecule has 0 aliphatic carbocycles. The number of anilines is 3. The number of aryl methyl sites for hydroxylation is 2. The SMILES string of the molecule is Cc1ccc(C)c(NC(=O)c2ccc(NC3=C(Cl)C(=O)N(c4cc(Cl)cc(Cl)c4)C3=O)cc2)c1. The maximum atomic E-state index is 12.9. The van der Waals surface area contributed by atoms with E-state index in [9.17, 15) is 14.4 Å². The Balaban J connectivity index is 1.50. The number of nitrogens with zero attached hydrogens (tertiary/aromatic N) is 1. The third-order valence-corrected chi connectivity index (χ3v) is 5.98. The maximum Gasteiger partial charge on any atom is 0.283 e. The summed E-state index contributed by atoms with van der Waals surface area (Å²) in [5, 5.41) is 6.05. The van der Waals surface area contributed by atoms with Crippen LogP contribution in [0.5, 0.6) is 0 Å². The molecule has 1 aliphatic rings. The van der Waals surface area contributed by atoms with Crippen molar-refractivity contribution in [2.24, 2.45) is 0 Å². The summed E-state index contributed by atoms with van der Waals surface area (Å²) in [7, 11) is 0. The van der Waals surface area contributed by atoms with Crippen molar-refractivity contribution in [1.29, 1.82) is 0 Å². The fourth-order valence-electron chi connectivity index (χ4n) is 3.43. The summed E-state index contributed by atoms with van der Waals surface area (Å²) in [6, 6.07) is 16.6. The molecular weight excluding hydrogens is 497 g/mol. The predicted molar refractivity (Wildman–Crippen MR) is 136 cm³/mol. The van der Waals surface area contributed by atoms with Gasteiger partial charge in [0.05, 0.1) is 5.69 Å². The van der Waals surface area contributed by atoms with E-state index < -0.39 is 11.8 Å². The number of rotatable bonds is 5. The van der Waals surface area contributed by atoms with E-state index in [1.54, 1.807) is 24.3 Å². The van der Waals surface area contributed by atoms with Gasteiger partial charge in [-0.25, -0.2) is 4.90 Å². The molecule has 3 aromatic rings. The third-order valence-electron chi connectivity index (χ3n) is 5.19. The fourth-order valence-corrected chi connectivity index (χ4v) is 4.16. The second-order valence-electron chi connectivity index (χ2n) is 7.74. The molecule has 0 spiro atoms. The van der Waals surface area contributed by atoms with Crippen LogP contribution >= 0.6 is 34.8 Å². The van der Waals surface area contributed by atoms with Crippen LogP contribution in [0.3, 0.4) is 0 Å². The zero-order chi connectivity index (χ0) is 24.6. The average Bonchev–Trinajstić information content (AvgIpc) is 2.99. The quantitative estimate of drug-likeness (QED) is 0.392. The Morgan fingerprint density at radius 3 is 2.12 bits per heavy atom. The minimum absolute atomic E-state index is 0.0876.